The van der Waals surface area contributed by atoms with Gasteiger partial charge in [0.2, 0.25) is 0 Å². The van der Waals surface area contributed by atoms with Crippen LogP contribution in [0, 0.1) is 0 Å². The fourth-order valence-corrected chi connectivity index (χ4v) is 5.36. The van der Waals surface area contributed by atoms with Crippen molar-refractivity contribution in [2.24, 2.45) is 4.99 Å². The number of rotatable bonds is 5. The monoisotopic (exact) mass is 451 g/mol. The molecule has 31 heavy (non-hydrogen) atoms. The molecule has 3 heterocycles. The summed E-state index contributed by atoms with van der Waals surface area (Å²) >= 11 is 2.91. The molecule has 0 saturated heterocycles. The summed E-state index contributed by atoms with van der Waals surface area (Å²) in [5.41, 5.74) is 2.17. The quantitative estimate of drug-likeness (QED) is 0.455. The van der Waals surface area contributed by atoms with Crippen molar-refractivity contribution in [3.8, 4) is 11.5 Å². The number of hydrogen-bond acceptors (Lipinski definition) is 9. The summed E-state index contributed by atoms with van der Waals surface area (Å²) in [5, 5.41) is 12.0. The Morgan fingerprint density at radius 3 is 2.90 bits per heavy atom. The van der Waals surface area contributed by atoms with Gasteiger partial charge in [-0.25, -0.2) is 14.8 Å². The highest BCUT2D eigenvalue weighted by Gasteiger charge is 2.29. The zero-order valence-corrected chi connectivity index (χ0v) is 18.1. The van der Waals surface area contributed by atoms with E-state index in [0.717, 1.165) is 26.1 Å². The van der Waals surface area contributed by atoms with Crippen molar-refractivity contribution in [2.75, 3.05) is 12.9 Å². The maximum absolute atomic E-state index is 12.6. The van der Waals surface area contributed by atoms with Crippen LogP contribution in [0.25, 0.3) is 21.1 Å². The van der Waals surface area contributed by atoms with Gasteiger partial charge in [0.15, 0.2) is 6.04 Å². The number of esters is 1. The molecule has 1 N–H and O–H groups in total. The molecule has 0 saturated carbocycles. The Labute approximate surface area is 185 Å². The third-order valence-corrected chi connectivity index (χ3v) is 7.02. The van der Waals surface area contributed by atoms with Crippen LogP contribution in [0.3, 0.4) is 0 Å². The van der Waals surface area contributed by atoms with Crippen molar-refractivity contribution in [3.05, 3.63) is 59.2 Å². The Bertz CT molecular complexity index is 1340. The summed E-state index contributed by atoms with van der Waals surface area (Å²) in [5.74, 6) is 0.868. The lowest BCUT2D eigenvalue weighted by Gasteiger charge is -2.11. The molecule has 7 nitrogen and oxygen atoms in total. The number of phenolic OH excluding ortho intramolecular Hbond substituents is 1. The second kappa shape index (κ2) is 8.16. The molecule has 4 aromatic rings. The minimum absolute atomic E-state index is 0.0132. The van der Waals surface area contributed by atoms with E-state index < -0.39 is 12.0 Å². The number of aromatic nitrogens is 2. The van der Waals surface area contributed by atoms with Crippen LogP contribution in [-0.2, 0) is 16.1 Å². The Kier molecular flexibility index (Phi) is 5.21. The third kappa shape index (κ3) is 3.94. The summed E-state index contributed by atoms with van der Waals surface area (Å²) in [6.07, 6.45) is 0. The summed E-state index contributed by atoms with van der Waals surface area (Å²) in [6.45, 7) is 0.0132. The first-order chi connectivity index (χ1) is 15.1. The largest absolute Gasteiger partial charge is 0.508 e. The molecule has 1 aliphatic heterocycles. The van der Waals surface area contributed by atoms with E-state index >= 15 is 0 Å². The number of thiazole rings is 1. The average Bonchev–Trinajstić information content (AvgIpc) is 3.43. The number of carbonyl (C=O) groups is 1. The van der Waals surface area contributed by atoms with Gasteiger partial charge in [0.05, 0.1) is 22.8 Å². The van der Waals surface area contributed by atoms with Crippen molar-refractivity contribution in [1.82, 2.24) is 9.97 Å². The van der Waals surface area contributed by atoms with Crippen molar-refractivity contribution >= 4 is 55.2 Å². The van der Waals surface area contributed by atoms with Gasteiger partial charge in [0, 0.05) is 11.1 Å². The number of nitrogens with zero attached hydrogens (tertiary/aromatic N) is 3. The molecule has 1 aliphatic rings. The minimum Gasteiger partial charge on any atom is -0.508 e. The maximum Gasteiger partial charge on any atom is 0.332 e. The van der Waals surface area contributed by atoms with Gasteiger partial charge in [0.1, 0.15) is 33.9 Å². The van der Waals surface area contributed by atoms with Crippen LogP contribution in [0.5, 0.6) is 11.5 Å². The predicted molar refractivity (Wildman–Crippen MR) is 122 cm³/mol. The van der Waals surface area contributed by atoms with Gasteiger partial charge in [-0.2, -0.15) is 0 Å². The number of methoxy groups -OCH3 is 1. The second-order valence-electron chi connectivity index (χ2n) is 6.87. The molecule has 0 aliphatic carbocycles. The number of pyridine rings is 1. The topological polar surface area (TPSA) is 93.9 Å². The predicted octanol–water partition coefficient (Wildman–Crippen LogP) is 4.16. The molecule has 156 valence electrons. The van der Waals surface area contributed by atoms with E-state index in [2.05, 4.69) is 15.0 Å². The second-order valence-corrected chi connectivity index (χ2v) is 8.91. The third-order valence-electron chi connectivity index (χ3n) is 4.81. The Morgan fingerprint density at radius 1 is 1.16 bits per heavy atom. The van der Waals surface area contributed by atoms with Crippen molar-refractivity contribution in [2.45, 2.75) is 12.6 Å². The first kappa shape index (κ1) is 19.8. The number of hydrogen-bond donors (Lipinski definition) is 1. The van der Waals surface area contributed by atoms with E-state index in [-0.39, 0.29) is 12.4 Å². The lowest BCUT2D eigenvalue weighted by molar-refractivity contribution is -0.145. The van der Waals surface area contributed by atoms with Gasteiger partial charge < -0.3 is 14.6 Å². The highest BCUT2D eigenvalue weighted by atomic mass is 32.2. The zero-order chi connectivity index (χ0) is 21.4. The number of aliphatic imine (C=N–C) groups is 1. The van der Waals surface area contributed by atoms with Crippen LogP contribution in [0.4, 0.5) is 0 Å². The lowest BCUT2D eigenvalue weighted by atomic mass is 10.2. The van der Waals surface area contributed by atoms with E-state index in [1.807, 2.05) is 30.3 Å². The summed E-state index contributed by atoms with van der Waals surface area (Å²) in [6, 6.07) is 14.0. The molecule has 2 aromatic carbocycles. The SMILES string of the molecule is COc1cc2ccccc2nc1COC(=O)[C@H]1CSC(c2nc3ccc(O)cc3s2)=N1. The fraction of sp³-hybridized carbons (Fsp3) is 0.182. The fourth-order valence-electron chi connectivity index (χ4n) is 3.27. The number of thioether (sulfide) groups is 1. The van der Waals surface area contributed by atoms with Crippen LogP contribution in [0.1, 0.15) is 10.7 Å². The van der Waals surface area contributed by atoms with Gasteiger partial charge in [-0.05, 0) is 30.3 Å². The molecule has 0 bridgehead atoms. The van der Waals surface area contributed by atoms with E-state index in [1.165, 1.54) is 23.1 Å². The molecule has 0 radical (unpaired) electrons. The first-order valence-corrected chi connectivity index (χ1v) is 11.3. The van der Waals surface area contributed by atoms with Gasteiger partial charge in [-0.15, -0.1) is 23.1 Å². The Hall–Kier alpha value is -3.17. The molecular formula is C22H17N3O4S2. The summed E-state index contributed by atoms with van der Waals surface area (Å²) in [7, 11) is 1.57. The van der Waals surface area contributed by atoms with E-state index in [4.69, 9.17) is 9.47 Å². The number of phenols is 1. The normalized spacial score (nSPS) is 15.9. The minimum atomic E-state index is -0.591. The number of benzene rings is 2. The lowest BCUT2D eigenvalue weighted by Crippen LogP contribution is -2.21. The highest BCUT2D eigenvalue weighted by Crippen LogP contribution is 2.32. The van der Waals surface area contributed by atoms with Crippen molar-refractivity contribution < 1.29 is 19.4 Å². The van der Waals surface area contributed by atoms with Crippen LogP contribution in [-0.4, -0.2) is 45.0 Å². The Balaban J connectivity index is 1.31. The van der Waals surface area contributed by atoms with Crippen LogP contribution in [0.15, 0.2) is 53.5 Å². The smallest absolute Gasteiger partial charge is 0.332 e. The standard InChI is InChI=1S/C22H17N3O4S2/c1-28-18-8-12-4-2-3-5-14(12)23-16(18)10-29-22(27)17-11-30-20(25-17)21-24-15-7-6-13(26)9-19(15)31-21/h2-9,17,26H,10-11H2,1H3/t17-/m1/s1. The van der Waals surface area contributed by atoms with Crippen molar-refractivity contribution in [1.29, 1.82) is 0 Å². The van der Waals surface area contributed by atoms with E-state index in [9.17, 15) is 9.90 Å². The molecule has 0 spiro atoms. The first-order valence-electron chi connectivity index (χ1n) is 9.50. The molecule has 9 heteroatoms. The summed E-state index contributed by atoms with van der Waals surface area (Å²) in [4.78, 5) is 26.3. The number of aromatic hydroxyl groups is 1. The molecular weight excluding hydrogens is 434 g/mol. The van der Waals surface area contributed by atoms with Crippen LogP contribution >= 0.6 is 23.1 Å². The van der Waals surface area contributed by atoms with Crippen LogP contribution < -0.4 is 4.74 Å². The van der Waals surface area contributed by atoms with E-state index in [1.54, 1.807) is 25.3 Å². The van der Waals surface area contributed by atoms with Gasteiger partial charge in [-0.3, -0.25) is 4.99 Å². The summed E-state index contributed by atoms with van der Waals surface area (Å²) < 4.78 is 11.8. The number of carbonyl (C=O) groups excluding carboxylic acids is 1. The average molecular weight is 452 g/mol. The molecule has 0 unspecified atom stereocenters. The highest BCUT2D eigenvalue weighted by molar-refractivity contribution is 8.15. The van der Waals surface area contributed by atoms with Gasteiger partial charge in [0.25, 0.3) is 0 Å². The van der Waals surface area contributed by atoms with Crippen molar-refractivity contribution in [3.63, 3.8) is 0 Å². The molecule has 0 amide bonds. The van der Waals surface area contributed by atoms with E-state index in [0.29, 0.717) is 22.2 Å². The number of para-hydroxylation sites is 1. The molecule has 0 fully saturated rings. The van der Waals surface area contributed by atoms with Crippen LogP contribution in [0.2, 0.25) is 0 Å². The molecule has 1 atom stereocenters. The number of fused-ring (bicyclic) bond motifs is 2. The molecule has 2 aromatic heterocycles. The number of ether oxygens (including phenoxy) is 2. The molecule has 5 rings (SSSR count). The zero-order valence-electron chi connectivity index (χ0n) is 16.4. The van der Waals surface area contributed by atoms with Gasteiger partial charge in [-0.1, -0.05) is 18.2 Å². The maximum atomic E-state index is 12.6. The Morgan fingerprint density at radius 2 is 2.03 bits per heavy atom. The van der Waals surface area contributed by atoms with Gasteiger partial charge >= 0.3 is 5.97 Å².